The van der Waals surface area contributed by atoms with Crippen LogP contribution in [0.1, 0.15) is 38.1 Å². The second-order valence-electron chi connectivity index (χ2n) is 5.39. The molecule has 0 radical (unpaired) electrons. The largest absolute Gasteiger partial charge is 0.347 e. The second kappa shape index (κ2) is 6.47. The summed E-state index contributed by atoms with van der Waals surface area (Å²) in [5.74, 6) is -0.467. The summed E-state index contributed by atoms with van der Waals surface area (Å²) < 4.78 is 0. The number of amides is 2. The highest BCUT2D eigenvalue weighted by Gasteiger charge is 2.18. The minimum absolute atomic E-state index is 0.161. The molecule has 0 heterocycles. The maximum Gasteiger partial charge on any atom is 0.253 e. The van der Waals surface area contributed by atoms with Crippen molar-refractivity contribution in [2.24, 2.45) is 0 Å². The van der Waals surface area contributed by atoms with Gasteiger partial charge in [0.05, 0.1) is 11.3 Å². The first kappa shape index (κ1) is 16.1. The summed E-state index contributed by atoms with van der Waals surface area (Å²) >= 11 is 4.99. The Morgan fingerprint density at radius 1 is 1.15 bits per heavy atom. The standard InChI is InChI=1S/C14H19N3O2S/c1-9(18)15-13(20)16-11-8-6-5-7-10(11)12(19)17-14(2,3)4/h5-8H,1-4H3,(H,17,19)(H2,15,16,18,20). The highest BCUT2D eigenvalue weighted by atomic mass is 32.1. The molecule has 6 heteroatoms. The van der Waals surface area contributed by atoms with Gasteiger partial charge in [-0.2, -0.15) is 0 Å². The molecule has 0 spiro atoms. The van der Waals surface area contributed by atoms with E-state index >= 15 is 0 Å². The van der Waals surface area contributed by atoms with Crippen molar-refractivity contribution in [1.82, 2.24) is 10.6 Å². The Hall–Kier alpha value is -1.95. The van der Waals surface area contributed by atoms with Crippen molar-refractivity contribution in [2.75, 3.05) is 5.32 Å². The van der Waals surface area contributed by atoms with Crippen LogP contribution in [0.3, 0.4) is 0 Å². The molecule has 0 fully saturated rings. The number of carbonyl (C=O) groups is 2. The fourth-order valence-electron chi connectivity index (χ4n) is 1.51. The Balaban J connectivity index is 2.91. The molecule has 0 aliphatic heterocycles. The fourth-order valence-corrected chi connectivity index (χ4v) is 1.77. The highest BCUT2D eigenvalue weighted by molar-refractivity contribution is 7.80. The van der Waals surface area contributed by atoms with E-state index in [1.54, 1.807) is 24.3 Å². The summed E-state index contributed by atoms with van der Waals surface area (Å²) in [4.78, 5) is 23.1. The van der Waals surface area contributed by atoms with E-state index < -0.39 is 0 Å². The monoisotopic (exact) mass is 293 g/mol. The number of benzene rings is 1. The van der Waals surface area contributed by atoms with Crippen molar-refractivity contribution >= 4 is 34.8 Å². The van der Waals surface area contributed by atoms with E-state index in [9.17, 15) is 9.59 Å². The van der Waals surface area contributed by atoms with Gasteiger partial charge in [-0.25, -0.2) is 0 Å². The maximum absolute atomic E-state index is 12.2. The molecule has 1 aromatic rings. The predicted molar refractivity (Wildman–Crippen MR) is 83.7 cm³/mol. The van der Waals surface area contributed by atoms with E-state index in [0.717, 1.165) is 0 Å². The Morgan fingerprint density at radius 2 is 1.75 bits per heavy atom. The molecule has 0 aromatic heterocycles. The zero-order chi connectivity index (χ0) is 15.3. The van der Waals surface area contributed by atoms with Crippen molar-refractivity contribution in [2.45, 2.75) is 33.2 Å². The molecule has 1 rings (SSSR count). The first-order valence-corrected chi connectivity index (χ1v) is 6.60. The van der Waals surface area contributed by atoms with Gasteiger partial charge in [0.2, 0.25) is 5.91 Å². The van der Waals surface area contributed by atoms with E-state index in [4.69, 9.17) is 12.2 Å². The van der Waals surface area contributed by atoms with Crippen molar-refractivity contribution < 1.29 is 9.59 Å². The lowest BCUT2D eigenvalue weighted by molar-refractivity contribution is -0.117. The molecule has 3 N–H and O–H groups in total. The van der Waals surface area contributed by atoms with Gasteiger partial charge >= 0.3 is 0 Å². The number of rotatable bonds is 2. The molecule has 0 bridgehead atoms. The SMILES string of the molecule is CC(=O)NC(=S)Nc1ccccc1C(=O)NC(C)(C)C. The Bertz CT molecular complexity index is 535. The molecule has 0 atom stereocenters. The highest BCUT2D eigenvalue weighted by Crippen LogP contribution is 2.16. The van der Waals surface area contributed by atoms with Gasteiger partial charge < -0.3 is 16.0 Å². The minimum atomic E-state index is -0.331. The lowest BCUT2D eigenvalue weighted by Gasteiger charge is -2.21. The number of nitrogens with one attached hydrogen (secondary N) is 3. The first-order valence-electron chi connectivity index (χ1n) is 6.19. The molecular weight excluding hydrogens is 274 g/mol. The van der Waals surface area contributed by atoms with Gasteiger partial charge in [0, 0.05) is 12.5 Å². The van der Waals surface area contributed by atoms with Crippen LogP contribution in [0.15, 0.2) is 24.3 Å². The lowest BCUT2D eigenvalue weighted by atomic mass is 10.1. The topological polar surface area (TPSA) is 70.2 Å². The van der Waals surface area contributed by atoms with Crippen LogP contribution in [0.5, 0.6) is 0 Å². The molecule has 2 amide bonds. The van der Waals surface area contributed by atoms with E-state index in [1.807, 2.05) is 20.8 Å². The minimum Gasteiger partial charge on any atom is -0.347 e. The van der Waals surface area contributed by atoms with Crippen LogP contribution in [0.4, 0.5) is 5.69 Å². The second-order valence-corrected chi connectivity index (χ2v) is 5.79. The molecule has 108 valence electrons. The number of carbonyl (C=O) groups excluding carboxylic acids is 2. The molecule has 0 unspecified atom stereocenters. The molecule has 0 saturated carbocycles. The lowest BCUT2D eigenvalue weighted by Crippen LogP contribution is -2.41. The molecule has 5 nitrogen and oxygen atoms in total. The first-order chi connectivity index (χ1) is 9.19. The van der Waals surface area contributed by atoms with Crippen LogP contribution in [0, 0.1) is 0 Å². The van der Waals surface area contributed by atoms with Crippen molar-refractivity contribution in [3.63, 3.8) is 0 Å². The third kappa shape index (κ3) is 5.36. The molecule has 0 saturated heterocycles. The van der Waals surface area contributed by atoms with Crippen LogP contribution in [0.2, 0.25) is 0 Å². The van der Waals surface area contributed by atoms with E-state index in [1.165, 1.54) is 6.92 Å². The number of hydrogen-bond donors (Lipinski definition) is 3. The quantitative estimate of drug-likeness (QED) is 0.730. The van der Waals surface area contributed by atoms with Gasteiger partial charge in [-0.1, -0.05) is 12.1 Å². The van der Waals surface area contributed by atoms with Crippen LogP contribution < -0.4 is 16.0 Å². The van der Waals surface area contributed by atoms with Crippen molar-refractivity contribution in [1.29, 1.82) is 0 Å². The Morgan fingerprint density at radius 3 is 2.30 bits per heavy atom. The molecule has 0 aliphatic rings. The molecule has 0 aliphatic carbocycles. The van der Waals surface area contributed by atoms with Crippen molar-refractivity contribution in [3.05, 3.63) is 29.8 Å². The molecular formula is C14H19N3O2S. The van der Waals surface area contributed by atoms with Crippen LogP contribution in [-0.4, -0.2) is 22.5 Å². The number of hydrogen-bond acceptors (Lipinski definition) is 3. The fraction of sp³-hybridized carbons (Fsp3) is 0.357. The van der Waals surface area contributed by atoms with Crippen LogP contribution >= 0.6 is 12.2 Å². The Labute approximate surface area is 124 Å². The zero-order valence-corrected chi connectivity index (χ0v) is 12.9. The summed E-state index contributed by atoms with van der Waals surface area (Å²) in [6.45, 7) is 7.08. The zero-order valence-electron chi connectivity index (χ0n) is 12.0. The van der Waals surface area contributed by atoms with Gasteiger partial charge in [0.25, 0.3) is 5.91 Å². The summed E-state index contributed by atoms with van der Waals surface area (Å²) in [6, 6.07) is 6.97. The van der Waals surface area contributed by atoms with Gasteiger partial charge in [-0.3, -0.25) is 9.59 Å². The average molecular weight is 293 g/mol. The number of para-hydroxylation sites is 1. The van der Waals surface area contributed by atoms with E-state index in [2.05, 4.69) is 16.0 Å². The van der Waals surface area contributed by atoms with Gasteiger partial charge in [-0.05, 0) is 45.1 Å². The smallest absolute Gasteiger partial charge is 0.253 e. The summed E-state index contributed by atoms with van der Waals surface area (Å²) in [6.07, 6.45) is 0. The maximum atomic E-state index is 12.2. The van der Waals surface area contributed by atoms with Gasteiger partial charge in [-0.15, -0.1) is 0 Å². The molecule has 1 aromatic carbocycles. The van der Waals surface area contributed by atoms with E-state index in [-0.39, 0.29) is 22.5 Å². The number of anilines is 1. The third-order valence-electron chi connectivity index (χ3n) is 2.20. The average Bonchev–Trinajstić information content (AvgIpc) is 2.25. The third-order valence-corrected chi connectivity index (χ3v) is 2.40. The summed E-state index contributed by atoms with van der Waals surface area (Å²) in [5, 5.41) is 8.34. The van der Waals surface area contributed by atoms with Gasteiger partial charge in [0.15, 0.2) is 5.11 Å². The Kier molecular flexibility index (Phi) is 5.21. The van der Waals surface area contributed by atoms with Crippen LogP contribution in [-0.2, 0) is 4.79 Å². The summed E-state index contributed by atoms with van der Waals surface area (Å²) in [5.41, 5.74) is 0.686. The van der Waals surface area contributed by atoms with Crippen LogP contribution in [0.25, 0.3) is 0 Å². The van der Waals surface area contributed by atoms with E-state index in [0.29, 0.717) is 11.3 Å². The molecule has 20 heavy (non-hydrogen) atoms. The van der Waals surface area contributed by atoms with Crippen molar-refractivity contribution in [3.8, 4) is 0 Å². The van der Waals surface area contributed by atoms with Gasteiger partial charge in [0.1, 0.15) is 0 Å². The summed E-state index contributed by atoms with van der Waals surface area (Å²) in [7, 11) is 0. The number of thiocarbonyl (C=S) groups is 1. The normalized spacial score (nSPS) is 10.6. The predicted octanol–water partition coefficient (Wildman–Crippen LogP) is 2.05.